The largest absolute Gasteiger partial charge is 0.378 e. The molecule has 1 aliphatic carbocycles. The third-order valence-electron chi connectivity index (χ3n) is 6.88. The summed E-state index contributed by atoms with van der Waals surface area (Å²) in [6.07, 6.45) is 3.52. The molecule has 2 saturated heterocycles. The summed E-state index contributed by atoms with van der Waals surface area (Å²) in [5.74, 6) is 0.297. The number of amides is 2. The Morgan fingerprint density at radius 1 is 0.900 bits per heavy atom. The van der Waals surface area contributed by atoms with Gasteiger partial charge in [0.15, 0.2) is 0 Å². The second-order valence-electron chi connectivity index (χ2n) is 8.82. The van der Waals surface area contributed by atoms with Gasteiger partial charge in [-0.25, -0.2) is 0 Å². The number of benzene rings is 1. The molecular weight excluding hydrogens is 380 g/mol. The van der Waals surface area contributed by atoms with Crippen molar-refractivity contribution in [3.8, 4) is 0 Å². The maximum Gasteiger partial charge on any atom is 0.236 e. The highest BCUT2D eigenvalue weighted by atomic mass is 16.5. The summed E-state index contributed by atoms with van der Waals surface area (Å²) in [5, 5.41) is 3.19. The van der Waals surface area contributed by atoms with Gasteiger partial charge in [-0.3, -0.25) is 19.4 Å². The molecular formula is C23H34N4O3. The van der Waals surface area contributed by atoms with E-state index in [1.807, 2.05) is 11.0 Å². The molecule has 2 aliphatic heterocycles. The summed E-state index contributed by atoms with van der Waals surface area (Å²) < 4.78 is 5.32. The van der Waals surface area contributed by atoms with Gasteiger partial charge in [0.1, 0.15) is 0 Å². The Kier molecular flexibility index (Phi) is 7.02. The molecule has 0 spiro atoms. The van der Waals surface area contributed by atoms with Gasteiger partial charge in [0.05, 0.1) is 26.3 Å². The van der Waals surface area contributed by atoms with Crippen LogP contribution in [0.1, 0.15) is 24.8 Å². The fourth-order valence-electron chi connectivity index (χ4n) is 4.70. The Morgan fingerprint density at radius 3 is 2.13 bits per heavy atom. The number of hydrogen-bond acceptors (Lipinski definition) is 5. The fourth-order valence-corrected chi connectivity index (χ4v) is 4.70. The van der Waals surface area contributed by atoms with E-state index in [0.29, 0.717) is 39.4 Å². The fraction of sp³-hybridized carbons (Fsp3) is 0.652. The number of morpholine rings is 1. The molecule has 0 aromatic heterocycles. The summed E-state index contributed by atoms with van der Waals surface area (Å²) in [6.45, 7) is 7.63. The summed E-state index contributed by atoms with van der Waals surface area (Å²) in [5.41, 5.74) is 1.46. The number of carbonyl (C=O) groups is 2. The molecule has 1 saturated carbocycles. The van der Waals surface area contributed by atoms with Crippen molar-refractivity contribution in [2.24, 2.45) is 0 Å². The van der Waals surface area contributed by atoms with Crippen molar-refractivity contribution < 1.29 is 14.3 Å². The Hall–Kier alpha value is -1.96. The minimum atomic E-state index is 0.107. The van der Waals surface area contributed by atoms with E-state index in [1.165, 1.54) is 12.0 Å². The molecule has 1 aromatic rings. The van der Waals surface area contributed by atoms with E-state index in [9.17, 15) is 9.59 Å². The molecule has 1 aromatic carbocycles. The van der Waals surface area contributed by atoms with Crippen LogP contribution >= 0.6 is 0 Å². The van der Waals surface area contributed by atoms with Crippen LogP contribution in [0.3, 0.4) is 0 Å². The van der Waals surface area contributed by atoms with Crippen LogP contribution in [0.5, 0.6) is 0 Å². The highest BCUT2D eigenvalue weighted by Crippen LogP contribution is 2.43. The molecule has 0 bridgehead atoms. The topological polar surface area (TPSA) is 65.1 Å². The summed E-state index contributed by atoms with van der Waals surface area (Å²) in [6, 6.07) is 10.6. The van der Waals surface area contributed by atoms with Gasteiger partial charge in [-0.2, -0.15) is 0 Å². The predicted molar refractivity (Wildman–Crippen MR) is 115 cm³/mol. The van der Waals surface area contributed by atoms with Gasteiger partial charge >= 0.3 is 0 Å². The van der Waals surface area contributed by atoms with Crippen LogP contribution in [0.2, 0.25) is 0 Å². The number of carbonyl (C=O) groups excluding carboxylic acids is 2. The molecule has 4 rings (SSSR count). The van der Waals surface area contributed by atoms with Crippen LogP contribution in [0.4, 0.5) is 0 Å². The van der Waals surface area contributed by atoms with Crippen LogP contribution in [-0.4, -0.2) is 98.6 Å². The quantitative estimate of drug-likeness (QED) is 0.712. The van der Waals surface area contributed by atoms with Crippen molar-refractivity contribution in [2.75, 3.05) is 72.1 Å². The Bertz CT molecular complexity index is 708. The molecule has 3 fully saturated rings. The number of ether oxygens (including phenoxy) is 1. The number of rotatable bonds is 7. The van der Waals surface area contributed by atoms with E-state index in [0.717, 1.165) is 45.6 Å². The average molecular weight is 415 g/mol. The lowest BCUT2D eigenvalue weighted by Crippen LogP contribution is -2.53. The van der Waals surface area contributed by atoms with Crippen LogP contribution in [0.15, 0.2) is 30.3 Å². The first kappa shape index (κ1) is 21.3. The van der Waals surface area contributed by atoms with Crippen molar-refractivity contribution in [2.45, 2.75) is 24.7 Å². The molecule has 2 amide bonds. The molecule has 7 heteroatoms. The van der Waals surface area contributed by atoms with Gasteiger partial charge in [0, 0.05) is 51.2 Å². The summed E-state index contributed by atoms with van der Waals surface area (Å²) in [7, 11) is 0. The number of piperazine rings is 1. The first-order valence-corrected chi connectivity index (χ1v) is 11.3. The maximum absolute atomic E-state index is 12.6. The minimum absolute atomic E-state index is 0.107. The predicted octanol–water partition coefficient (Wildman–Crippen LogP) is 0.701. The van der Waals surface area contributed by atoms with E-state index in [2.05, 4.69) is 39.4 Å². The van der Waals surface area contributed by atoms with Gasteiger partial charge in [-0.1, -0.05) is 36.8 Å². The van der Waals surface area contributed by atoms with Crippen molar-refractivity contribution in [3.05, 3.63) is 35.9 Å². The standard InChI is InChI=1S/C23H34N4O3/c28-21(24-19-23(7-4-8-23)20-5-2-1-3-6-20)17-25-9-11-26(12-10-25)18-22(29)27-13-15-30-16-14-27/h1-3,5-6H,4,7-19H2,(H,24,28). The normalized spacial score (nSPS) is 22.3. The monoisotopic (exact) mass is 414 g/mol. The van der Waals surface area contributed by atoms with E-state index in [-0.39, 0.29) is 17.2 Å². The Morgan fingerprint density at radius 2 is 1.53 bits per heavy atom. The van der Waals surface area contributed by atoms with Crippen molar-refractivity contribution >= 4 is 11.8 Å². The van der Waals surface area contributed by atoms with Gasteiger partial charge < -0.3 is 15.0 Å². The van der Waals surface area contributed by atoms with E-state index < -0.39 is 0 Å². The van der Waals surface area contributed by atoms with Gasteiger partial charge in [-0.05, 0) is 18.4 Å². The zero-order valence-electron chi connectivity index (χ0n) is 17.9. The van der Waals surface area contributed by atoms with Gasteiger partial charge in [0.25, 0.3) is 0 Å². The number of nitrogens with zero attached hydrogens (tertiary/aromatic N) is 3. The third kappa shape index (κ3) is 5.20. The lowest BCUT2D eigenvalue weighted by molar-refractivity contribution is -0.137. The molecule has 1 N–H and O–H groups in total. The van der Waals surface area contributed by atoms with Crippen LogP contribution in [0.25, 0.3) is 0 Å². The Labute approximate surface area is 179 Å². The lowest BCUT2D eigenvalue weighted by atomic mass is 9.64. The highest BCUT2D eigenvalue weighted by molar-refractivity contribution is 5.79. The smallest absolute Gasteiger partial charge is 0.236 e. The Balaban J connectivity index is 1.17. The zero-order chi connectivity index (χ0) is 20.8. The van der Waals surface area contributed by atoms with Crippen molar-refractivity contribution in [3.63, 3.8) is 0 Å². The molecule has 0 unspecified atom stereocenters. The zero-order valence-corrected chi connectivity index (χ0v) is 17.9. The van der Waals surface area contributed by atoms with Crippen LogP contribution in [-0.2, 0) is 19.7 Å². The van der Waals surface area contributed by atoms with Crippen molar-refractivity contribution in [1.29, 1.82) is 0 Å². The van der Waals surface area contributed by atoms with E-state index in [4.69, 9.17) is 4.74 Å². The van der Waals surface area contributed by atoms with Crippen LogP contribution < -0.4 is 5.32 Å². The molecule has 0 radical (unpaired) electrons. The summed E-state index contributed by atoms with van der Waals surface area (Å²) in [4.78, 5) is 31.3. The second kappa shape index (κ2) is 9.90. The van der Waals surface area contributed by atoms with Gasteiger partial charge in [-0.15, -0.1) is 0 Å². The van der Waals surface area contributed by atoms with E-state index >= 15 is 0 Å². The van der Waals surface area contributed by atoms with Gasteiger partial charge in [0.2, 0.25) is 11.8 Å². The number of hydrogen-bond donors (Lipinski definition) is 1. The molecule has 164 valence electrons. The highest BCUT2D eigenvalue weighted by Gasteiger charge is 2.38. The molecule has 7 nitrogen and oxygen atoms in total. The lowest BCUT2D eigenvalue weighted by Gasteiger charge is -2.43. The minimum Gasteiger partial charge on any atom is -0.378 e. The SMILES string of the molecule is O=C(CN1CCN(CC(=O)N2CCOCC2)CC1)NCC1(c2ccccc2)CCC1. The molecule has 0 atom stereocenters. The second-order valence-corrected chi connectivity index (χ2v) is 8.82. The maximum atomic E-state index is 12.6. The number of nitrogens with one attached hydrogen (secondary N) is 1. The first-order chi connectivity index (χ1) is 14.6. The van der Waals surface area contributed by atoms with Crippen LogP contribution in [0, 0.1) is 0 Å². The molecule has 30 heavy (non-hydrogen) atoms. The first-order valence-electron chi connectivity index (χ1n) is 11.3. The molecule has 3 aliphatic rings. The van der Waals surface area contributed by atoms with Crippen molar-refractivity contribution in [1.82, 2.24) is 20.0 Å². The average Bonchev–Trinajstić information content (AvgIpc) is 2.76. The summed E-state index contributed by atoms with van der Waals surface area (Å²) >= 11 is 0. The van der Waals surface area contributed by atoms with E-state index in [1.54, 1.807) is 0 Å². The molecule has 2 heterocycles. The third-order valence-corrected chi connectivity index (χ3v) is 6.88.